The Morgan fingerprint density at radius 1 is 1.43 bits per heavy atom. The van der Waals surface area contributed by atoms with Gasteiger partial charge in [0.1, 0.15) is 0 Å². The summed E-state index contributed by atoms with van der Waals surface area (Å²) < 4.78 is 9.79. The highest BCUT2D eigenvalue weighted by Crippen LogP contribution is 2.08. The molecule has 0 radical (unpaired) electrons. The number of rotatable bonds is 2. The largest absolute Gasteiger partial charge is 0.472 e. The predicted molar refractivity (Wildman–Crippen MR) is 54.6 cm³/mol. The Labute approximate surface area is 84.2 Å². The third-order valence-electron chi connectivity index (χ3n) is 2.17. The van der Waals surface area contributed by atoms with Gasteiger partial charge in [-0.1, -0.05) is 0 Å². The Morgan fingerprint density at radius 3 is 2.57 bits per heavy atom. The fourth-order valence-electron chi connectivity index (χ4n) is 1.18. The van der Waals surface area contributed by atoms with Crippen LogP contribution >= 0.6 is 0 Å². The third-order valence-corrected chi connectivity index (χ3v) is 2.17. The maximum absolute atomic E-state index is 5.35. The van der Waals surface area contributed by atoms with Crippen molar-refractivity contribution in [3.8, 4) is 0 Å². The molecule has 0 spiro atoms. The van der Waals surface area contributed by atoms with Crippen molar-refractivity contribution in [3.63, 3.8) is 0 Å². The molecule has 0 aromatic carbocycles. The van der Waals surface area contributed by atoms with Gasteiger partial charge in [-0.15, -0.1) is 0 Å². The van der Waals surface area contributed by atoms with Crippen molar-refractivity contribution >= 4 is 0 Å². The zero-order valence-electron chi connectivity index (χ0n) is 8.32. The molecular formula is C10H18N2O2. The van der Waals surface area contributed by atoms with Crippen LogP contribution in [0.1, 0.15) is 12.0 Å². The monoisotopic (exact) mass is 198 g/mol. The Balaban J connectivity index is 0.000000140. The van der Waals surface area contributed by atoms with E-state index in [1.165, 1.54) is 0 Å². The number of ether oxygens (including phenoxy) is 1. The van der Waals surface area contributed by atoms with E-state index in [2.05, 4.69) is 0 Å². The molecule has 1 saturated heterocycles. The molecule has 1 fully saturated rings. The molecule has 1 unspecified atom stereocenters. The molecule has 1 atom stereocenters. The molecule has 1 aliphatic rings. The van der Waals surface area contributed by atoms with Gasteiger partial charge in [-0.2, -0.15) is 0 Å². The van der Waals surface area contributed by atoms with Crippen LogP contribution in [0.4, 0.5) is 0 Å². The smallest absolute Gasteiger partial charge is 0.0947 e. The first-order valence-corrected chi connectivity index (χ1v) is 4.85. The van der Waals surface area contributed by atoms with Crippen molar-refractivity contribution < 1.29 is 9.15 Å². The van der Waals surface area contributed by atoms with Crippen LogP contribution in [0.25, 0.3) is 0 Å². The van der Waals surface area contributed by atoms with Gasteiger partial charge in [0.2, 0.25) is 0 Å². The molecule has 4 nitrogen and oxygen atoms in total. The zero-order valence-corrected chi connectivity index (χ0v) is 8.32. The van der Waals surface area contributed by atoms with Gasteiger partial charge in [0.15, 0.2) is 0 Å². The Kier molecular flexibility index (Phi) is 5.29. The van der Waals surface area contributed by atoms with Crippen LogP contribution in [0, 0.1) is 5.92 Å². The lowest BCUT2D eigenvalue weighted by Gasteiger charge is -1.97. The summed E-state index contributed by atoms with van der Waals surface area (Å²) in [7, 11) is 0. The fraction of sp³-hybridized carbons (Fsp3) is 0.600. The zero-order chi connectivity index (χ0) is 10.2. The highest BCUT2D eigenvalue weighted by atomic mass is 16.5. The summed E-state index contributed by atoms with van der Waals surface area (Å²) in [6.45, 7) is 3.16. The molecule has 2 heterocycles. The minimum Gasteiger partial charge on any atom is -0.472 e. The van der Waals surface area contributed by atoms with Gasteiger partial charge >= 0.3 is 0 Å². The summed E-state index contributed by atoms with van der Waals surface area (Å²) in [5, 5.41) is 0. The molecule has 4 N–H and O–H groups in total. The second kappa shape index (κ2) is 6.59. The second-order valence-electron chi connectivity index (χ2n) is 3.30. The van der Waals surface area contributed by atoms with Crippen molar-refractivity contribution in [3.05, 3.63) is 24.2 Å². The van der Waals surface area contributed by atoms with Gasteiger partial charge in [-0.05, 0) is 24.9 Å². The second-order valence-corrected chi connectivity index (χ2v) is 3.30. The summed E-state index contributed by atoms with van der Waals surface area (Å²) in [5.74, 6) is 0.653. The van der Waals surface area contributed by atoms with Crippen molar-refractivity contribution in [1.82, 2.24) is 0 Å². The predicted octanol–water partition coefficient (Wildman–Crippen LogP) is 0.720. The number of furan rings is 1. The van der Waals surface area contributed by atoms with E-state index in [0.717, 1.165) is 31.7 Å². The van der Waals surface area contributed by atoms with Gasteiger partial charge in [0.05, 0.1) is 19.1 Å². The maximum Gasteiger partial charge on any atom is 0.0947 e. The summed E-state index contributed by atoms with van der Waals surface area (Å²) in [5.41, 5.74) is 11.6. The van der Waals surface area contributed by atoms with E-state index < -0.39 is 0 Å². The number of nitrogens with two attached hydrogens (primary N) is 2. The van der Waals surface area contributed by atoms with Crippen LogP contribution in [0.15, 0.2) is 23.0 Å². The van der Waals surface area contributed by atoms with Crippen molar-refractivity contribution in [2.45, 2.75) is 13.0 Å². The highest BCUT2D eigenvalue weighted by molar-refractivity contribution is 5.03. The molecule has 0 aliphatic carbocycles. The number of hydrogen-bond acceptors (Lipinski definition) is 4. The maximum atomic E-state index is 5.35. The first-order valence-electron chi connectivity index (χ1n) is 4.85. The van der Waals surface area contributed by atoms with Crippen molar-refractivity contribution in [2.24, 2.45) is 17.4 Å². The highest BCUT2D eigenvalue weighted by Gasteiger charge is 2.12. The van der Waals surface area contributed by atoms with Crippen LogP contribution in [-0.2, 0) is 11.3 Å². The van der Waals surface area contributed by atoms with Crippen molar-refractivity contribution in [1.29, 1.82) is 0 Å². The lowest BCUT2D eigenvalue weighted by molar-refractivity contribution is 0.187. The van der Waals surface area contributed by atoms with E-state index in [9.17, 15) is 0 Å². The van der Waals surface area contributed by atoms with E-state index in [-0.39, 0.29) is 0 Å². The molecular weight excluding hydrogens is 180 g/mol. The SMILES string of the molecule is NCC1CCOC1.NCc1ccoc1. The van der Waals surface area contributed by atoms with Crippen molar-refractivity contribution in [2.75, 3.05) is 19.8 Å². The minimum atomic E-state index is 0.566. The molecule has 1 aliphatic heterocycles. The summed E-state index contributed by atoms with van der Waals surface area (Å²) in [6.07, 6.45) is 4.42. The molecule has 2 rings (SSSR count). The van der Waals surface area contributed by atoms with Crippen LogP contribution in [0.2, 0.25) is 0 Å². The van der Waals surface area contributed by atoms with E-state index in [1.807, 2.05) is 6.07 Å². The molecule has 1 aromatic rings. The first kappa shape index (κ1) is 11.2. The molecule has 80 valence electrons. The number of hydrogen-bond donors (Lipinski definition) is 2. The minimum absolute atomic E-state index is 0.566. The van der Waals surface area contributed by atoms with Crippen LogP contribution in [-0.4, -0.2) is 19.8 Å². The molecule has 0 saturated carbocycles. The van der Waals surface area contributed by atoms with Crippen LogP contribution in [0.5, 0.6) is 0 Å². The molecule has 0 bridgehead atoms. The summed E-state index contributed by atoms with van der Waals surface area (Å²) >= 11 is 0. The Bertz CT molecular complexity index is 218. The molecule has 0 amide bonds. The van der Waals surface area contributed by atoms with Crippen LogP contribution in [0.3, 0.4) is 0 Å². The van der Waals surface area contributed by atoms with Gasteiger partial charge in [0.25, 0.3) is 0 Å². The van der Waals surface area contributed by atoms with Gasteiger partial charge in [-0.25, -0.2) is 0 Å². The van der Waals surface area contributed by atoms with E-state index in [0.29, 0.717) is 12.5 Å². The van der Waals surface area contributed by atoms with Gasteiger partial charge < -0.3 is 20.6 Å². The topological polar surface area (TPSA) is 74.4 Å². The molecule has 4 heteroatoms. The summed E-state index contributed by atoms with van der Waals surface area (Å²) in [4.78, 5) is 0. The van der Waals surface area contributed by atoms with Gasteiger partial charge in [-0.3, -0.25) is 0 Å². The van der Waals surface area contributed by atoms with E-state index in [4.69, 9.17) is 20.6 Å². The molecule has 14 heavy (non-hydrogen) atoms. The summed E-state index contributed by atoms with van der Waals surface area (Å²) in [6, 6.07) is 1.85. The normalized spacial score (nSPS) is 20.3. The molecule has 1 aromatic heterocycles. The van der Waals surface area contributed by atoms with E-state index >= 15 is 0 Å². The first-order chi connectivity index (χ1) is 6.86. The average molecular weight is 198 g/mol. The standard InChI is InChI=1S/C5H11NO.C5H7NO/c2*6-3-5-1-2-7-4-5/h5H,1-4,6H2;1-2,4H,3,6H2. The average Bonchev–Trinajstić information content (AvgIpc) is 2.92. The van der Waals surface area contributed by atoms with Crippen LogP contribution < -0.4 is 11.5 Å². The Hall–Kier alpha value is -0.840. The lowest BCUT2D eigenvalue weighted by atomic mass is 10.1. The van der Waals surface area contributed by atoms with Gasteiger partial charge in [0, 0.05) is 18.7 Å². The fourth-order valence-corrected chi connectivity index (χ4v) is 1.18. The third kappa shape index (κ3) is 3.91. The Morgan fingerprint density at radius 2 is 2.29 bits per heavy atom. The lowest BCUT2D eigenvalue weighted by Crippen LogP contribution is -2.13. The van der Waals surface area contributed by atoms with E-state index in [1.54, 1.807) is 12.5 Å². The quantitative estimate of drug-likeness (QED) is 0.734.